The maximum Gasteiger partial charge on any atom is 0.292 e. The Kier molecular flexibility index (Phi) is 3.73. The van der Waals surface area contributed by atoms with Crippen molar-refractivity contribution in [3.63, 3.8) is 0 Å². The van der Waals surface area contributed by atoms with Crippen molar-refractivity contribution >= 4 is 5.91 Å². The lowest BCUT2D eigenvalue weighted by atomic mass is 9.96. The number of rotatable bonds is 4. The van der Waals surface area contributed by atoms with E-state index in [-0.39, 0.29) is 17.6 Å². The normalized spacial score (nSPS) is 23.9. The minimum atomic E-state index is -0.287. The van der Waals surface area contributed by atoms with Crippen LogP contribution in [0, 0.1) is 5.92 Å². The van der Waals surface area contributed by atoms with Gasteiger partial charge in [-0.15, -0.1) is 0 Å². The monoisotopic (exact) mass is 238 g/mol. The molecular weight excluding hydrogens is 220 g/mol. The van der Waals surface area contributed by atoms with E-state index < -0.39 is 0 Å². The van der Waals surface area contributed by atoms with E-state index in [1.165, 1.54) is 0 Å². The highest BCUT2D eigenvalue weighted by Crippen LogP contribution is 2.37. The van der Waals surface area contributed by atoms with Crippen molar-refractivity contribution in [3.05, 3.63) is 11.7 Å². The van der Waals surface area contributed by atoms with Crippen molar-refractivity contribution in [1.82, 2.24) is 15.5 Å². The predicted octanol–water partition coefficient (Wildman–Crippen LogP) is 0.662. The molecule has 3 N–H and O–H groups in total. The first-order chi connectivity index (χ1) is 8.26. The average Bonchev–Trinajstić information content (AvgIpc) is 2.97. The van der Waals surface area contributed by atoms with Gasteiger partial charge in [-0.25, -0.2) is 0 Å². The average molecular weight is 238 g/mol. The van der Waals surface area contributed by atoms with Crippen molar-refractivity contribution in [2.24, 2.45) is 11.7 Å². The van der Waals surface area contributed by atoms with E-state index in [2.05, 4.69) is 15.5 Å². The summed E-state index contributed by atoms with van der Waals surface area (Å²) in [5, 5.41) is 6.35. The van der Waals surface area contributed by atoms with Crippen LogP contribution in [0.25, 0.3) is 0 Å². The second-order valence-electron chi connectivity index (χ2n) is 4.35. The maximum atomic E-state index is 11.5. The number of hydrogen-bond donors (Lipinski definition) is 2. The van der Waals surface area contributed by atoms with Crippen LogP contribution in [0.4, 0.5) is 0 Å². The third-order valence-electron chi connectivity index (χ3n) is 3.26. The van der Waals surface area contributed by atoms with Gasteiger partial charge in [0, 0.05) is 12.5 Å². The Morgan fingerprint density at radius 1 is 1.59 bits per heavy atom. The lowest BCUT2D eigenvalue weighted by molar-refractivity contribution is 0.0942. The van der Waals surface area contributed by atoms with Crippen LogP contribution in [0.15, 0.2) is 4.52 Å². The van der Waals surface area contributed by atoms with Gasteiger partial charge in [-0.2, -0.15) is 4.98 Å². The molecule has 0 aliphatic heterocycles. The molecule has 1 saturated carbocycles. The Morgan fingerprint density at radius 2 is 2.41 bits per heavy atom. The molecule has 6 heteroatoms. The largest absolute Gasteiger partial charge is 0.349 e. The van der Waals surface area contributed by atoms with E-state index in [9.17, 15) is 4.79 Å². The van der Waals surface area contributed by atoms with Crippen molar-refractivity contribution in [1.29, 1.82) is 0 Å². The Bertz CT molecular complexity index is 391. The van der Waals surface area contributed by atoms with Gasteiger partial charge in [-0.1, -0.05) is 11.6 Å². The number of amides is 1. The van der Waals surface area contributed by atoms with Crippen LogP contribution in [-0.4, -0.2) is 29.1 Å². The molecule has 0 aromatic carbocycles. The number of carbonyl (C=O) groups excluding carboxylic acids is 1. The molecule has 2 atom stereocenters. The van der Waals surface area contributed by atoms with Crippen molar-refractivity contribution < 1.29 is 9.32 Å². The van der Waals surface area contributed by atoms with Crippen LogP contribution >= 0.6 is 0 Å². The second-order valence-corrected chi connectivity index (χ2v) is 4.35. The van der Waals surface area contributed by atoms with Crippen LogP contribution in [0.1, 0.15) is 48.6 Å². The molecule has 6 nitrogen and oxygen atoms in total. The topological polar surface area (TPSA) is 94.0 Å². The van der Waals surface area contributed by atoms with Gasteiger partial charge in [0.15, 0.2) is 0 Å². The van der Waals surface area contributed by atoms with E-state index in [1.807, 2.05) is 6.92 Å². The van der Waals surface area contributed by atoms with Gasteiger partial charge in [0.25, 0.3) is 11.7 Å². The molecule has 1 amide bonds. The van der Waals surface area contributed by atoms with Crippen LogP contribution in [0.3, 0.4) is 0 Å². The predicted molar refractivity (Wildman–Crippen MR) is 61.4 cm³/mol. The molecule has 0 spiro atoms. The molecule has 0 radical (unpaired) electrons. The van der Waals surface area contributed by atoms with Crippen molar-refractivity contribution in [2.75, 3.05) is 13.1 Å². The van der Waals surface area contributed by atoms with Crippen LogP contribution in [0.2, 0.25) is 0 Å². The highest BCUT2D eigenvalue weighted by molar-refractivity contribution is 5.90. The molecule has 17 heavy (non-hydrogen) atoms. The van der Waals surface area contributed by atoms with Crippen LogP contribution in [0.5, 0.6) is 0 Å². The fourth-order valence-corrected chi connectivity index (χ4v) is 2.36. The standard InChI is InChI=1S/C11H18N4O2/c1-2-13-10(16)9-14-11(17-15-9)8-5-3-4-7(8)6-12/h7-8H,2-6,12H2,1H3,(H,13,16). The first-order valence-electron chi connectivity index (χ1n) is 6.08. The zero-order valence-corrected chi connectivity index (χ0v) is 9.98. The lowest BCUT2D eigenvalue weighted by Crippen LogP contribution is -2.24. The summed E-state index contributed by atoms with van der Waals surface area (Å²) in [6.45, 7) is 3.03. The molecule has 94 valence electrons. The Morgan fingerprint density at radius 3 is 3.12 bits per heavy atom. The van der Waals surface area contributed by atoms with Gasteiger partial charge in [0.2, 0.25) is 5.89 Å². The van der Waals surface area contributed by atoms with Crippen molar-refractivity contribution in [3.8, 4) is 0 Å². The summed E-state index contributed by atoms with van der Waals surface area (Å²) in [5.74, 6) is 1.00. The number of nitrogens with two attached hydrogens (primary N) is 1. The molecule has 1 aliphatic carbocycles. The van der Waals surface area contributed by atoms with Gasteiger partial charge in [-0.05, 0) is 32.2 Å². The summed E-state index contributed by atoms with van der Waals surface area (Å²) in [7, 11) is 0. The first kappa shape index (κ1) is 12.0. The Hall–Kier alpha value is -1.43. The zero-order chi connectivity index (χ0) is 12.3. The third-order valence-corrected chi connectivity index (χ3v) is 3.26. The van der Waals surface area contributed by atoms with E-state index in [1.54, 1.807) is 0 Å². The fraction of sp³-hybridized carbons (Fsp3) is 0.727. The summed E-state index contributed by atoms with van der Waals surface area (Å²) in [6.07, 6.45) is 3.24. The summed E-state index contributed by atoms with van der Waals surface area (Å²) in [6, 6.07) is 0. The van der Waals surface area contributed by atoms with E-state index in [4.69, 9.17) is 10.3 Å². The van der Waals surface area contributed by atoms with Crippen LogP contribution in [-0.2, 0) is 0 Å². The SMILES string of the molecule is CCNC(=O)c1noc(C2CCCC2CN)n1. The van der Waals surface area contributed by atoms with Gasteiger partial charge < -0.3 is 15.6 Å². The van der Waals surface area contributed by atoms with Gasteiger partial charge in [-0.3, -0.25) is 4.79 Å². The molecule has 2 unspecified atom stereocenters. The number of nitrogens with zero attached hydrogens (tertiary/aromatic N) is 2. The van der Waals surface area contributed by atoms with E-state index in [0.717, 1.165) is 19.3 Å². The molecule has 0 bridgehead atoms. The smallest absolute Gasteiger partial charge is 0.292 e. The summed E-state index contributed by atoms with van der Waals surface area (Å²) >= 11 is 0. The molecule has 0 saturated heterocycles. The molecule has 1 aromatic heterocycles. The van der Waals surface area contributed by atoms with Crippen LogP contribution < -0.4 is 11.1 Å². The van der Waals surface area contributed by atoms with Gasteiger partial charge in [0.1, 0.15) is 0 Å². The number of hydrogen-bond acceptors (Lipinski definition) is 5. The number of carbonyl (C=O) groups is 1. The van der Waals surface area contributed by atoms with Gasteiger partial charge in [0.05, 0.1) is 0 Å². The van der Waals surface area contributed by atoms with Gasteiger partial charge >= 0.3 is 0 Å². The number of aromatic nitrogens is 2. The lowest BCUT2D eigenvalue weighted by Gasteiger charge is -2.12. The Labute approximate surface area is 99.9 Å². The molecule has 2 rings (SSSR count). The third kappa shape index (κ3) is 2.46. The minimum absolute atomic E-state index is 0.115. The highest BCUT2D eigenvalue weighted by Gasteiger charge is 2.32. The van der Waals surface area contributed by atoms with Crippen molar-refractivity contribution in [2.45, 2.75) is 32.1 Å². The molecule has 1 aliphatic rings. The second kappa shape index (κ2) is 5.27. The number of nitrogens with one attached hydrogen (secondary N) is 1. The highest BCUT2D eigenvalue weighted by atomic mass is 16.5. The molecule has 1 fully saturated rings. The quantitative estimate of drug-likeness (QED) is 0.803. The first-order valence-corrected chi connectivity index (χ1v) is 6.08. The zero-order valence-electron chi connectivity index (χ0n) is 9.98. The fourth-order valence-electron chi connectivity index (χ4n) is 2.36. The molecular formula is C11H18N4O2. The Balaban J connectivity index is 2.09. The van der Waals surface area contributed by atoms with E-state index in [0.29, 0.717) is 24.9 Å². The summed E-state index contributed by atoms with van der Waals surface area (Å²) in [4.78, 5) is 15.7. The maximum absolute atomic E-state index is 11.5. The summed E-state index contributed by atoms with van der Waals surface area (Å²) in [5.41, 5.74) is 5.71. The molecule has 1 aromatic rings. The minimum Gasteiger partial charge on any atom is -0.349 e. The molecule has 1 heterocycles. The van der Waals surface area contributed by atoms with E-state index >= 15 is 0 Å². The summed E-state index contributed by atoms with van der Waals surface area (Å²) < 4.78 is 5.17.